The van der Waals surface area contributed by atoms with Crippen molar-refractivity contribution in [2.45, 2.75) is 32.2 Å². The van der Waals surface area contributed by atoms with Crippen LogP contribution in [0, 0.1) is 0 Å². The standard InChI is InChI=1S/C16H25N3O2/c1-18(10-5-2-6-13-20)11-7-12-19-15-9-4-3-8-14(15)17-16(19)21/h3-4,8-9,20H,2,5-7,10-13H2,1H3,(H,17,21). The highest BCUT2D eigenvalue weighted by atomic mass is 16.2. The van der Waals surface area contributed by atoms with Crippen molar-refractivity contribution in [3.63, 3.8) is 0 Å². The topological polar surface area (TPSA) is 61.3 Å². The summed E-state index contributed by atoms with van der Waals surface area (Å²) in [5.74, 6) is 0. The number of nitrogens with zero attached hydrogens (tertiary/aromatic N) is 2. The summed E-state index contributed by atoms with van der Waals surface area (Å²) in [5.41, 5.74) is 1.86. The third-order valence-corrected chi connectivity index (χ3v) is 3.80. The summed E-state index contributed by atoms with van der Waals surface area (Å²) in [5, 5.41) is 8.74. The van der Waals surface area contributed by atoms with Crippen molar-refractivity contribution in [1.82, 2.24) is 14.5 Å². The molecule has 1 aromatic carbocycles. The molecule has 0 unspecified atom stereocenters. The maximum atomic E-state index is 11.9. The van der Waals surface area contributed by atoms with E-state index in [1.54, 1.807) is 0 Å². The SMILES string of the molecule is CN(CCCCCO)CCCn1c(=O)[nH]c2ccccc21. The van der Waals surface area contributed by atoms with Crippen molar-refractivity contribution in [2.75, 3.05) is 26.7 Å². The van der Waals surface area contributed by atoms with Crippen LogP contribution in [0.15, 0.2) is 29.1 Å². The first-order chi connectivity index (χ1) is 10.2. The van der Waals surface area contributed by atoms with E-state index >= 15 is 0 Å². The van der Waals surface area contributed by atoms with E-state index in [2.05, 4.69) is 16.9 Å². The van der Waals surface area contributed by atoms with Crippen LogP contribution in [0.5, 0.6) is 0 Å². The summed E-state index contributed by atoms with van der Waals surface area (Å²) in [6, 6.07) is 7.80. The Hall–Kier alpha value is -1.59. The maximum Gasteiger partial charge on any atom is 0.326 e. The molecule has 2 aromatic rings. The molecule has 0 saturated carbocycles. The quantitative estimate of drug-likeness (QED) is 0.693. The van der Waals surface area contributed by atoms with E-state index in [-0.39, 0.29) is 12.3 Å². The fourth-order valence-corrected chi connectivity index (χ4v) is 2.61. The number of hydrogen-bond donors (Lipinski definition) is 2. The van der Waals surface area contributed by atoms with Crippen LogP contribution in [0.1, 0.15) is 25.7 Å². The molecular formula is C16H25N3O2. The fourth-order valence-electron chi connectivity index (χ4n) is 2.61. The van der Waals surface area contributed by atoms with Crippen molar-refractivity contribution in [3.8, 4) is 0 Å². The molecule has 5 nitrogen and oxygen atoms in total. The van der Waals surface area contributed by atoms with Gasteiger partial charge in [0.2, 0.25) is 0 Å². The van der Waals surface area contributed by atoms with Gasteiger partial charge in [0.05, 0.1) is 11.0 Å². The van der Waals surface area contributed by atoms with Gasteiger partial charge in [-0.15, -0.1) is 0 Å². The predicted molar refractivity (Wildman–Crippen MR) is 85.6 cm³/mol. The van der Waals surface area contributed by atoms with Gasteiger partial charge in [-0.3, -0.25) is 4.57 Å². The molecule has 21 heavy (non-hydrogen) atoms. The van der Waals surface area contributed by atoms with Crippen LogP contribution in [0.4, 0.5) is 0 Å². The molecule has 1 aromatic heterocycles. The Morgan fingerprint density at radius 3 is 2.71 bits per heavy atom. The van der Waals surface area contributed by atoms with Gasteiger partial charge in [-0.05, 0) is 58.0 Å². The van der Waals surface area contributed by atoms with Crippen molar-refractivity contribution in [2.24, 2.45) is 0 Å². The summed E-state index contributed by atoms with van der Waals surface area (Å²) in [4.78, 5) is 17.1. The minimum atomic E-state index is -0.0261. The molecule has 0 aliphatic rings. The monoisotopic (exact) mass is 291 g/mol. The maximum absolute atomic E-state index is 11.9. The molecule has 0 aliphatic carbocycles. The second-order valence-corrected chi connectivity index (χ2v) is 5.54. The Morgan fingerprint density at radius 1 is 1.14 bits per heavy atom. The third kappa shape index (κ3) is 4.44. The van der Waals surface area contributed by atoms with Crippen molar-refractivity contribution in [1.29, 1.82) is 0 Å². The summed E-state index contributed by atoms with van der Waals surface area (Å²) in [7, 11) is 2.11. The average molecular weight is 291 g/mol. The smallest absolute Gasteiger partial charge is 0.326 e. The van der Waals surface area contributed by atoms with Gasteiger partial charge < -0.3 is 15.0 Å². The number of fused-ring (bicyclic) bond motifs is 1. The molecule has 0 fully saturated rings. The Bertz CT molecular complexity index is 603. The zero-order chi connectivity index (χ0) is 15.1. The highest BCUT2D eigenvalue weighted by Gasteiger charge is 2.06. The fraction of sp³-hybridized carbons (Fsp3) is 0.562. The molecule has 2 rings (SSSR count). The van der Waals surface area contributed by atoms with Gasteiger partial charge >= 0.3 is 5.69 Å². The van der Waals surface area contributed by atoms with E-state index < -0.39 is 0 Å². The molecular weight excluding hydrogens is 266 g/mol. The minimum Gasteiger partial charge on any atom is -0.396 e. The van der Waals surface area contributed by atoms with Crippen LogP contribution >= 0.6 is 0 Å². The van der Waals surface area contributed by atoms with Crippen LogP contribution < -0.4 is 5.69 Å². The molecule has 0 atom stereocenters. The van der Waals surface area contributed by atoms with E-state index in [4.69, 9.17) is 5.11 Å². The Labute approximate surface area is 125 Å². The lowest BCUT2D eigenvalue weighted by atomic mass is 10.2. The number of H-pyrrole nitrogens is 1. The zero-order valence-corrected chi connectivity index (χ0v) is 12.7. The number of hydrogen-bond acceptors (Lipinski definition) is 3. The Kier molecular flexibility index (Phi) is 6.02. The lowest BCUT2D eigenvalue weighted by Gasteiger charge is -2.16. The molecule has 0 radical (unpaired) electrons. The predicted octanol–water partition coefficient (Wildman–Crippen LogP) is 1.81. The summed E-state index contributed by atoms with van der Waals surface area (Å²) < 4.78 is 1.81. The van der Waals surface area contributed by atoms with Crippen molar-refractivity contribution < 1.29 is 5.11 Å². The first kappa shape index (κ1) is 15.8. The van der Waals surface area contributed by atoms with Crippen molar-refractivity contribution >= 4 is 11.0 Å². The normalized spacial score (nSPS) is 11.6. The molecule has 116 valence electrons. The van der Waals surface area contributed by atoms with Gasteiger partial charge in [-0.1, -0.05) is 12.1 Å². The molecule has 0 amide bonds. The number of unbranched alkanes of at least 4 members (excludes halogenated alkanes) is 2. The highest BCUT2D eigenvalue weighted by Crippen LogP contribution is 2.09. The van der Waals surface area contributed by atoms with Crippen LogP contribution in [-0.4, -0.2) is 46.3 Å². The minimum absolute atomic E-state index is 0.0261. The lowest BCUT2D eigenvalue weighted by molar-refractivity contribution is 0.271. The molecule has 0 aliphatic heterocycles. The van der Waals surface area contributed by atoms with Gasteiger partial charge in [0.15, 0.2) is 0 Å². The van der Waals surface area contributed by atoms with Crippen LogP contribution in [0.2, 0.25) is 0 Å². The number of rotatable bonds is 9. The van der Waals surface area contributed by atoms with Gasteiger partial charge in [0.1, 0.15) is 0 Å². The van der Waals surface area contributed by atoms with E-state index in [1.165, 1.54) is 0 Å². The molecule has 1 heterocycles. The van der Waals surface area contributed by atoms with Crippen molar-refractivity contribution in [3.05, 3.63) is 34.7 Å². The zero-order valence-electron chi connectivity index (χ0n) is 12.7. The largest absolute Gasteiger partial charge is 0.396 e. The second-order valence-electron chi connectivity index (χ2n) is 5.54. The van der Waals surface area contributed by atoms with E-state index in [0.29, 0.717) is 0 Å². The van der Waals surface area contributed by atoms with Crippen LogP contribution in [0.25, 0.3) is 11.0 Å². The average Bonchev–Trinajstić information content (AvgIpc) is 2.80. The number of benzene rings is 1. The molecule has 2 N–H and O–H groups in total. The number of aliphatic hydroxyl groups excluding tert-OH is 1. The van der Waals surface area contributed by atoms with E-state index in [9.17, 15) is 4.79 Å². The summed E-state index contributed by atoms with van der Waals surface area (Å²) in [6.45, 7) is 3.05. The summed E-state index contributed by atoms with van der Waals surface area (Å²) >= 11 is 0. The lowest BCUT2D eigenvalue weighted by Crippen LogP contribution is -2.24. The van der Waals surface area contributed by atoms with Gasteiger partial charge in [-0.25, -0.2) is 4.79 Å². The third-order valence-electron chi connectivity index (χ3n) is 3.80. The van der Waals surface area contributed by atoms with Crippen LogP contribution in [0.3, 0.4) is 0 Å². The van der Waals surface area contributed by atoms with E-state index in [0.717, 1.165) is 56.4 Å². The molecule has 0 saturated heterocycles. The number of nitrogens with one attached hydrogen (secondary N) is 1. The first-order valence-electron chi connectivity index (χ1n) is 7.69. The number of imidazole rings is 1. The summed E-state index contributed by atoms with van der Waals surface area (Å²) in [6.07, 6.45) is 4.03. The van der Waals surface area contributed by atoms with Crippen LogP contribution in [-0.2, 0) is 6.54 Å². The molecule has 0 bridgehead atoms. The number of aryl methyl sites for hydroxylation is 1. The van der Waals surface area contributed by atoms with Gasteiger partial charge in [0.25, 0.3) is 0 Å². The number of para-hydroxylation sites is 2. The Balaban J connectivity index is 1.80. The van der Waals surface area contributed by atoms with Gasteiger partial charge in [-0.2, -0.15) is 0 Å². The second kappa shape index (κ2) is 8.00. The van der Waals surface area contributed by atoms with E-state index in [1.807, 2.05) is 28.8 Å². The molecule has 0 spiro atoms. The highest BCUT2D eigenvalue weighted by molar-refractivity contribution is 5.74. The number of aromatic nitrogens is 2. The number of aliphatic hydroxyl groups is 1. The Morgan fingerprint density at radius 2 is 1.90 bits per heavy atom. The van der Waals surface area contributed by atoms with Gasteiger partial charge in [0, 0.05) is 13.2 Å². The first-order valence-corrected chi connectivity index (χ1v) is 7.69. The molecule has 5 heteroatoms. The number of aromatic amines is 1.